The van der Waals surface area contributed by atoms with E-state index in [0.29, 0.717) is 0 Å². The summed E-state index contributed by atoms with van der Waals surface area (Å²) < 4.78 is 5.26. The first-order valence-corrected chi connectivity index (χ1v) is 6.64. The Kier molecular flexibility index (Phi) is 4.33. The Hall–Kier alpha value is -1.67. The topological polar surface area (TPSA) is 21.3 Å². The van der Waals surface area contributed by atoms with Gasteiger partial charge < -0.3 is 10.1 Å². The van der Waals surface area contributed by atoms with Gasteiger partial charge in [-0.25, -0.2) is 0 Å². The zero-order valence-corrected chi connectivity index (χ0v) is 12.2. The molecule has 1 unspecified atom stereocenters. The van der Waals surface area contributed by atoms with Gasteiger partial charge in [0, 0.05) is 16.8 Å². The van der Waals surface area contributed by atoms with Crippen LogP contribution in [0.15, 0.2) is 42.5 Å². The van der Waals surface area contributed by atoms with Crippen LogP contribution in [0.2, 0.25) is 5.02 Å². The van der Waals surface area contributed by atoms with E-state index in [1.807, 2.05) is 43.3 Å². The molecule has 0 aliphatic heterocycles. The Bertz CT molecular complexity index is 551. The Morgan fingerprint density at radius 1 is 1.11 bits per heavy atom. The molecule has 3 heteroatoms. The number of nitrogens with one attached hydrogen (secondary N) is 1. The summed E-state index contributed by atoms with van der Waals surface area (Å²) in [5, 5.41) is 4.23. The van der Waals surface area contributed by atoms with Gasteiger partial charge in [-0.1, -0.05) is 23.7 Å². The standard InChI is InChI=1S/C16H18ClNO/c1-11-10-15(8-9-16(11)19-3)18-12(2)13-4-6-14(17)7-5-13/h4-10,12,18H,1-3H3. The molecule has 0 aliphatic rings. The third-order valence-electron chi connectivity index (χ3n) is 3.15. The maximum Gasteiger partial charge on any atom is 0.121 e. The molecule has 0 spiro atoms. The van der Waals surface area contributed by atoms with E-state index in [4.69, 9.17) is 16.3 Å². The first-order chi connectivity index (χ1) is 9.10. The third kappa shape index (κ3) is 3.42. The van der Waals surface area contributed by atoms with Gasteiger partial charge in [-0.15, -0.1) is 0 Å². The summed E-state index contributed by atoms with van der Waals surface area (Å²) in [5.74, 6) is 0.907. The van der Waals surface area contributed by atoms with E-state index in [1.54, 1.807) is 7.11 Å². The quantitative estimate of drug-likeness (QED) is 0.863. The molecule has 0 aromatic heterocycles. The van der Waals surface area contributed by atoms with E-state index in [-0.39, 0.29) is 6.04 Å². The lowest BCUT2D eigenvalue weighted by molar-refractivity contribution is 0.412. The summed E-state index contributed by atoms with van der Waals surface area (Å²) in [7, 11) is 1.69. The van der Waals surface area contributed by atoms with Crippen LogP contribution < -0.4 is 10.1 Å². The summed E-state index contributed by atoms with van der Waals surface area (Å²) in [6.07, 6.45) is 0. The Balaban J connectivity index is 2.12. The molecule has 0 saturated heterocycles. The molecular weight excluding hydrogens is 258 g/mol. The van der Waals surface area contributed by atoms with Crippen LogP contribution in [0, 0.1) is 6.92 Å². The molecule has 0 saturated carbocycles. The van der Waals surface area contributed by atoms with Gasteiger partial charge in [-0.05, 0) is 55.3 Å². The van der Waals surface area contributed by atoms with E-state index in [1.165, 1.54) is 5.56 Å². The highest BCUT2D eigenvalue weighted by Gasteiger charge is 2.06. The highest BCUT2D eigenvalue weighted by Crippen LogP contribution is 2.25. The largest absolute Gasteiger partial charge is 0.496 e. The number of anilines is 1. The number of aryl methyl sites for hydroxylation is 1. The Morgan fingerprint density at radius 2 is 1.79 bits per heavy atom. The molecule has 2 aromatic rings. The maximum atomic E-state index is 5.90. The number of halogens is 1. The lowest BCUT2D eigenvalue weighted by atomic mass is 10.1. The predicted molar refractivity (Wildman–Crippen MR) is 81.2 cm³/mol. The van der Waals surface area contributed by atoms with Crippen molar-refractivity contribution in [2.24, 2.45) is 0 Å². The molecule has 19 heavy (non-hydrogen) atoms. The highest BCUT2D eigenvalue weighted by molar-refractivity contribution is 6.30. The molecule has 0 fully saturated rings. The minimum absolute atomic E-state index is 0.227. The van der Waals surface area contributed by atoms with Gasteiger partial charge in [0.1, 0.15) is 5.75 Å². The van der Waals surface area contributed by atoms with Crippen molar-refractivity contribution < 1.29 is 4.74 Å². The van der Waals surface area contributed by atoms with Gasteiger partial charge in [-0.2, -0.15) is 0 Å². The van der Waals surface area contributed by atoms with Crippen LogP contribution in [-0.4, -0.2) is 7.11 Å². The number of hydrogen-bond donors (Lipinski definition) is 1. The molecule has 0 heterocycles. The van der Waals surface area contributed by atoms with Crippen molar-refractivity contribution in [1.29, 1.82) is 0 Å². The van der Waals surface area contributed by atoms with Crippen molar-refractivity contribution in [3.63, 3.8) is 0 Å². The molecule has 100 valence electrons. The van der Waals surface area contributed by atoms with Gasteiger partial charge in [0.05, 0.1) is 7.11 Å². The number of rotatable bonds is 4. The minimum Gasteiger partial charge on any atom is -0.496 e. The van der Waals surface area contributed by atoms with Crippen molar-refractivity contribution in [3.8, 4) is 5.75 Å². The first kappa shape index (κ1) is 13.8. The number of benzene rings is 2. The summed E-state index contributed by atoms with van der Waals surface area (Å²) in [6, 6.07) is 14.2. The lowest BCUT2D eigenvalue weighted by Gasteiger charge is -2.17. The van der Waals surface area contributed by atoms with Crippen LogP contribution in [0.3, 0.4) is 0 Å². The predicted octanol–water partition coefficient (Wildman–Crippen LogP) is 4.83. The van der Waals surface area contributed by atoms with Gasteiger partial charge in [0.2, 0.25) is 0 Å². The van der Waals surface area contributed by atoms with E-state index in [2.05, 4.69) is 18.3 Å². The summed E-state index contributed by atoms with van der Waals surface area (Å²) in [5.41, 5.74) is 3.41. The van der Waals surface area contributed by atoms with Crippen LogP contribution >= 0.6 is 11.6 Å². The zero-order chi connectivity index (χ0) is 13.8. The molecule has 0 radical (unpaired) electrons. The van der Waals surface area contributed by atoms with E-state index in [0.717, 1.165) is 22.0 Å². The van der Waals surface area contributed by atoms with Crippen molar-refractivity contribution in [2.75, 3.05) is 12.4 Å². The number of hydrogen-bond acceptors (Lipinski definition) is 2. The second-order valence-corrected chi connectivity index (χ2v) is 5.04. The molecule has 1 atom stereocenters. The Morgan fingerprint density at radius 3 is 2.37 bits per heavy atom. The van der Waals surface area contributed by atoms with Crippen molar-refractivity contribution in [3.05, 3.63) is 58.6 Å². The van der Waals surface area contributed by atoms with Crippen LogP contribution in [0.5, 0.6) is 5.75 Å². The van der Waals surface area contributed by atoms with Crippen molar-refractivity contribution >= 4 is 17.3 Å². The van der Waals surface area contributed by atoms with Crippen molar-refractivity contribution in [1.82, 2.24) is 0 Å². The van der Waals surface area contributed by atoms with Gasteiger partial charge in [-0.3, -0.25) is 0 Å². The molecule has 0 bridgehead atoms. The van der Waals surface area contributed by atoms with Crippen molar-refractivity contribution in [2.45, 2.75) is 19.9 Å². The number of methoxy groups -OCH3 is 1. The van der Waals surface area contributed by atoms with Crippen LogP contribution in [0.1, 0.15) is 24.1 Å². The van der Waals surface area contributed by atoms with Crippen LogP contribution in [0.25, 0.3) is 0 Å². The summed E-state index contributed by atoms with van der Waals surface area (Å²) >= 11 is 5.90. The maximum absolute atomic E-state index is 5.90. The average Bonchev–Trinajstić information content (AvgIpc) is 2.39. The molecule has 2 nitrogen and oxygen atoms in total. The van der Waals surface area contributed by atoms with E-state index >= 15 is 0 Å². The second-order valence-electron chi connectivity index (χ2n) is 4.60. The normalized spacial score (nSPS) is 12.0. The summed E-state index contributed by atoms with van der Waals surface area (Å²) in [6.45, 7) is 4.17. The van der Waals surface area contributed by atoms with Gasteiger partial charge >= 0.3 is 0 Å². The van der Waals surface area contributed by atoms with Gasteiger partial charge in [0.15, 0.2) is 0 Å². The fourth-order valence-corrected chi connectivity index (χ4v) is 2.18. The molecular formula is C16H18ClNO. The Labute approximate surface area is 119 Å². The van der Waals surface area contributed by atoms with E-state index < -0.39 is 0 Å². The summed E-state index contributed by atoms with van der Waals surface area (Å²) in [4.78, 5) is 0. The number of ether oxygens (including phenoxy) is 1. The molecule has 2 aromatic carbocycles. The fourth-order valence-electron chi connectivity index (χ4n) is 2.05. The lowest BCUT2D eigenvalue weighted by Crippen LogP contribution is -2.06. The van der Waals surface area contributed by atoms with Crippen LogP contribution in [-0.2, 0) is 0 Å². The molecule has 0 aliphatic carbocycles. The minimum atomic E-state index is 0.227. The molecule has 1 N–H and O–H groups in total. The average molecular weight is 276 g/mol. The SMILES string of the molecule is COc1ccc(NC(C)c2ccc(Cl)cc2)cc1C. The third-order valence-corrected chi connectivity index (χ3v) is 3.40. The smallest absolute Gasteiger partial charge is 0.121 e. The molecule has 2 rings (SSSR count). The first-order valence-electron chi connectivity index (χ1n) is 6.27. The second kappa shape index (κ2) is 5.98. The molecule has 0 amide bonds. The zero-order valence-electron chi connectivity index (χ0n) is 11.4. The monoisotopic (exact) mass is 275 g/mol. The highest BCUT2D eigenvalue weighted by atomic mass is 35.5. The van der Waals surface area contributed by atoms with Gasteiger partial charge in [0.25, 0.3) is 0 Å². The van der Waals surface area contributed by atoms with E-state index in [9.17, 15) is 0 Å². The fraction of sp³-hybridized carbons (Fsp3) is 0.250. The van der Waals surface area contributed by atoms with Crippen LogP contribution in [0.4, 0.5) is 5.69 Å².